The molecule has 1 amide bonds. The number of halogens is 2. The van der Waals surface area contributed by atoms with E-state index in [-0.39, 0.29) is 10.7 Å². The number of carbonyl (C=O) groups is 1. The Morgan fingerprint density at radius 1 is 1.45 bits per heavy atom. The van der Waals surface area contributed by atoms with Gasteiger partial charge in [-0.2, -0.15) is 5.10 Å². The van der Waals surface area contributed by atoms with Crippen molar-refractivity contribution < 1.29 is 4.79 Å². The number of nitrogens with two attached hydrogens (primary N) is 1. The fourth-order valence-electron chi connectivity index (χ4n) is 1.78. The third kappa shape index (κ3) is 2.89. The Balaban J connectivity index is 2.22. The number of hydrogen-bond donors (Lipinski definition) is 3. The van der Waals surface area contributed by atoms with Crippen LogP contribution in [0.2, 0.25) is 10.0 Å². The molecule has 0 fully saturated rings. The largest absolute Gasteiger partial charge is 0.395 e. The summed E-state index contributed by atoms with van der Waals surface area (Å²) in [7, 11) is 0. The molecule has 106 valence electrons. The first kappa shape index (κ1) is 14.7. The van der Waals surface area contributed by atoms with E-state index in [4.69, 9.17) is 28.9 Å². The van der Waals surface area contributed by atoms with Gasteiger partial charge in [-0.1, -0.05) is 42.6 Å². The maximum atomic E-state index is 12.1. The number of nitrogens with one attached hydrogen (secondary N) is 2. The van der Waals surface area contributed by atoms with E-state index in [0.717, 1.165) is 18.5 Å². The smallest absolute Gasteiger partial charge is 0.278 e. The Hall–Kier alpha value is -1.72. The molecule has 1 heterocycles. The average molecular weight is 313 g/mol. The fraction of sp³-hybridized carbons (Fsp3) is 0.231. The van der Waals surface area contributed by atoms with Gasteiger partial charge in [-0.3, -0.25) is 9.89 Å². The molecule has 0 bridgehead atoms. The van der Waals surface area contributed by atoms with Gasteiger partial charge in [0.25, 0.3) is 5.91 Å². The second-order valence-electron chi connectivity index (χ2n) is 4.27. The van der Waals surface area contributed by atoms with Gasteiger partial charge < -0.3 is 11.1 Å². The first-order chi connectivity index (χ1) is 9.54. The lowest BCUT2D eigenvalue weighted by atomic mass is 10.2. The van der Waals surface area contributed by atoms with Crippen molar-refractivity contribution in [2.75, 3.05) is 11.1 Å². The van der Waals surface area contributed by atoms with Crippen LogP contribution in [-0.4, -0.2) is 16.1 Å². The summed E-state index contributed by atoms with van der Waals surface area (Å²) in [5, 5.41) is 10.0. The summed E-state index contributed by atoms with van der Waals surface area (Å²) in [6.07, 6.45) is 1.65. The normalized spacial score (nSPS) is 10.6. The van der Waals surface area contributed by atoms with Crippen molar-refractivity contribution in [2.24, 2.45) is 0 Å². The fourth-order valence-corrected chi connectivity index (χ4v) is 2.13. The number of aromatic nitrogens is 2. The van der Waals surface area contributed by atoms with Gasteiger partial charge in [-0.25, -0.2) is 0 Å². The number of aryl methyl sites for hydroxylation is 1. The molecule has 1 aromatic carbocycles. The minimum Gasteiger partial charge on any atom is -0.395 e. The summed E-state index contributed by atoms with van der Waals surface area (Å²) in [4.78, 5) is 12.1. The summed E-state index contributed by atoms with van der Waals surface area (Å²) in [5.41, 5.74) is 7.60. The van der Waals surface area contributed by atoms with Gasteiger partial charge in [0.1, 0.15) is 0 Å². The molecule has 0 aliphatic carbocycles. The first-order valence-electron chi connectivity index (χ1n) is 6.12. The van der Waals surface area contributed by atoms with Crippen LogP contribution in [0.4, 0.5) is 11.4 Å². The number of aromatic amines is 1. The predicted octanol–water partition coefficient (Wildman–Crippen LogP) is 3.50. The number of hydrogen-bond acceptors (Lipinski definition) is 3. The molecule has 0 radical (unpaired) electrons. The molecule has 4 N–H and O–H groups in total. The lowest BCUT2D eigenvalue weighted by Gasteiger charge is -2.07. The van der Waals surface area contributed by atoms with E-state index < -0.39 is 5.91 Å². The highest BCUT2D eigenvalue weighted by molar-refractivity contribution is 6.44. The van der Waals surface area contributed by atoms with Crippen LogP contribution < -0.4 is 11.1 Å². The molecule has 2 rings (SSSR count). The minimum absolute atomic E-state index is 0.157. The highest BCUT2D eigenvalue weighted by Crippen LogP contribution is 2.30. The van der Waals surface area contributed by atoms with Crippen molar-refractivity contribution in [3.8, 4) is 0 Å². The minimum atomic E-state index is -0.426. The number of H-pyrrole nitrogens is 1. The Labute approximate surface area is 126 Å². The highest BCUT2D eigenvalue weighted by Gasteiger charge is 2.18. The molecule has 20 heavy (non-hydrogen) atoms. The predicted molar refractivity (Wildman–Crippen MR) is 81.4 cm³/mol. The molecule has 0 spiro atoms. The molecular weight excluding hydrogens is 299 g/mol. The lowest BCUT2D eigenvalue weighted by molar-refractivity contribution is 0.102. The van der Waals surface area contributed by atoms with E-state index in [1.54, 1.807) is 18.2 Å². The lowest BCUT2D eigenvalue weighted by Crippen LogP contribution is -2.14. The maximum Gasteiger partial charge on any atom is 0.278 e. The second-order valence-corrected chi connectivity index (χ2v) is 5.06. The summed E-state index contributed by atoms with van der Waals surface area (Å²) in [5.74, 6) is -0.426. The van der Waals surface area contributed by atoms with Crippen molar-refractivity contribution in [1.29, 1.82) is 0 Å². The second kappa shape index (κ2) is 6.15. The molecule has 0 aliphatic heterocycles. The van der Waals surface area contributed by atoms with E-state index in [0.29, 0.717) is 16.4 Å². The number of benzene rings is 1. The number of nitrogens with zero attached hydrogens (tertiary/aromatic N) is 1. The first-order valence-corrected chi connectivity index (χ1v) is 6.88. The van der Waals surface area contributed by atoms with Crippen LogP contribution in [0.1, 0.15) is 29.5 Å². The van der Waals surface area contributed by atoms with Crippen molar-refractivity contribution in [1.82, 2.24) is 10.2 Å². The van der Waals surface area contributed by atoms with Crippen LogP contribution in [0.5, 0.6) is 0 Å². The van der Waals surface area contributed by atoms with Crippen LogP contribution in [0.3, 0.4) is 0 Å². The zero-order valence-electron chi connectivity index (χ0n) is 10.8. The number of nitrogen functional groups attached to an aromatic ring is 1. The molecule has 0 saturated carbocycles. The van der Waals surface area contributed by atoms with Gasteiger partial charge in [-0.05, 0) is 18.6 Å². The molecule has 2 aromatic rings. The summed E-state index contributed by atoms with van der Waals surface area (Å²) < 4.78 is 0. The van der Waals surface area contributed by atoms with Crippen LogP contribution in [0, 0.1) is 0 Å². The van der Waals surface area contributed by atoms with E-state index in [9.17, 15) is 4.79 Å². The van der Waals surface area contributed by atoms with Crippen molar-refractivity contribution in [2.45, 2.75) is 19.8 Å². The Morgan fingerprint density at radius 3 is 2.90 bits per heavy atom. The van der Waals surface area contributed by atoms with Gasteiger partial charge in [0.2, 0.25) is 0 Å². The van der Waals surface area contributed by atoms with Crippen LogP contribution in [-0.2, 0) is 6.42 Å². The summed E-state index contributed by atoms with van der Waals surface area (Å²) in [6.45, 7) is 2.02. The molecule has 0 aliphatic rings. The SMILES string of the molecule is CCCc1[nH]nc(C(=O)Nc2cccc(Cl)c2Cl)c1N. The molecule has 0 saturated heterocycles. The van der Waals surface area contributed by atoms with Crippen molar-refractivity contribution >= 4 is 40.5 Å². The topological polar surface area (TPSA) is 83.8 Å². The molecule has 0 atom stereocenters. The van der Waals surface area contributed by atoms with Gasteiger partial charge in [0.15, 0.2) is 5.69 Å². The highest BCUT2D eigenvalue weighted by atomic mass is 35.5. The molecule has 1 aromatic heterocycles. The van der Waals surface area contributed by atoms with Gasteiger partial charge in [0.05, 0.1) is 27.1 Å². The maximum absolute atomic E-state index is 12.1. The molecule has 5 nitrogen and oxygen atoms in total. The standard InChI is InChI=1S/C13H14Cl2N4O/c1-2-4-9-11(16)12(19-18-9)13(20)17-8-6-3-5-7(14)10(8)15/h3,5-6H,2,4,16H2,1H3,(H,17,20)(H,18,19). The number of rotatable bonds is 4. The van der Waals surface area contributed by atoms with E-state index in [1.807, 2.05) is 6.92 Å². The third-order valence-corrected chi connectivity index (χ3v) is 3.62. The van der Waals surface area contributed by atoms with Gasteiger partial charge >= 0.3 is 0 Å². The zero-order valence-corrected chi connectivity index (χ0v) is 12.3. The quantitative estimate of drug-likeness (QED) is 0.807. The molecular formula is C13H14Cl2N4O. The van der Waals surface area contributed by atoms with Gasteiger partial charge in [-0.15, -0.1) is 0 Å². The van der Waals surface area contributed by atoms with Crippen LogP contribution in [0.25, 0.3) is 0 Å². The van der Waals surface area contributed by atoms with Crippen molar-refractivity contribution in [3.05, 3.63) is 39.6 Å². The Bertz CT molecular complexity index is 639. The van der Waals surface area contributed by atoms with E-state index >= 15 is 0 Å². The molecule has 7 heteroatoms. The molecule has 0 unspecified atom stereocenters. The number of anilines is 2. The summed E-state index contributed by atoms with van der Waals surface area (Å²) in [6, 6.07) is 4.99. The van der Waals surface area contributed by atoms with Crippen molar-refractivity contribution in [3.63, 3.8) is 0 Å². The Kier molecular flexibility index (Phi) is 4.52. The number of amides is 1. The Morgan fingerprint density at radius 2 is 2.20 bits per heavy atom. The van der Waals surface area contributed by atoms with Crippen LogP contribution >= 0.6 is 23.2 Å². The number of carbonyl (C=O) groups excluding carboxylic acids is 1. The zero-order chi connectivity index (χ0) is 14.7. The van der Waals surface area contributed by atoms with Gasteiger partial charge in [0, 0.05) is 0 Å². The summed E-state index contributed by atoms with van der Waals surface area (Å²) >= 11 is 11.9. The van der Waals surface area contributed by atoms with Crippen LogP contribution in [0.15, 0.2) is 18.2 Å². The van der Waals surface area contributed by atoms with E-state index in [2.05, 4.69) is 15.5 Å². The van der Waals surface area contributed by atoms with E-state index in [1.165, 1.54) is 0 Å². The monoisotopic (exact) mass is 312 g/mol. The third-order valence-electron chi connectivity index (χ3n) is 2.80. The average Bonchev–Trinajstić information content (AvgIpc) is 2.77.